The molecule has 0 atom stereocenters. The molecule has 0 saturated heterocycles. The highest BCUT2D eigenvalue weighted by atomic mass is 32.2. The number of halogens is 1. The number of aromatic nitrogens is 2. The van der Waals surface area contributed by atoms with Gasteiger partial charge < -0.3 is 9.47 Å². The lowest BCUT2D eigenvalue weighted by molar-refractivity contribution is 0.358. The van der Waals surface area contributed by atoms with Gasteiger partial charge in [0.25, 0.3) is 0 Å². The van der Waals surface area contributed by atoms with Crippen LogP contribution in [0.15, 0.2) is 53.6 Å². The predicted octanol–water partition coefficient (Wildman–Crippen LogP) is 2.78. The topological polar surface area (TPSA) is 82.5 Å². The lowest BCUT2D eigenvalue weighted by Crippen LogP contribution is -2.18. The second-order valence-electron chi connectivity index (χ2n) is 5.86. The molecule has 0 amide bonds. The first-order valence-corrected chi connectivity index (χ1v) is 9.66. The van der Waals surface area contributed by atoms with Crippen LogP contribution in [-0.4, -0.2) is 31.9 Å². The number of hydrogen-bond acceptors (Lipinski definition) is 5. The Labute approximate surface area is 155 Å². The van der Waals surface area contributed by atoms with Gasteiger partial charge in [0, 0.05) is 5.56 Å². The summed E-state index contributed by atoms with van der Waals surface area (Å²) in [6.45, 7) is 1.12. The molecule has 3 aromatic rings. The van der Waals surface area contributed by atoms with Gasteiger partial charge in [0.2, 0.25) is 15.9 Å². The minimum Gasteiger partial charge on any atom is -0.475 e. The number of sulfonamides is 1. The molecule has 2 aromatic carbocycles. The van der Waals surface area contributed by atoms with Crippen LogP contribution >= 0.6 is 0 Å². The summed E-state index contributed by atoms with van der Waals surface area (Å²) >= 11 is 0. The molecule has 0 saturated carbocycles. The standard InChI is InChI=1S/C18H16FN3O4S/c1-20-27(23,24)14-6-7-17(26-13-4-2-12(19)3-5-13)15(10-14)16-11-21-22-8-9-25-18(16)22/h2-7,10-11,20H,8-9H2,1H3. The second kappa shape index (κ2) is 6.67. The molecule has 2 heterocycles. The first kappa shape index (κ1) is 17.5. The van der Waals surface area contributed by atoms with Crippen LogP contribution in [0.2, 0.25) is 0 Å². The summed E-state index contributed by atoms with van der Waals surface area (Å²) in [6, 6.07) is 10.1. The van der Waals surface area contributed by atoms with Gasteiger partial charge in [-0.25, -0.2) is 22.2 Å². The third-order valence-corrected chi connectivity index (χ3v) is 5.61. The van der Waals surface area contributed by atoms with Crippen molar-refractivity contribution in [3.05, 3.63) is 54.5 Å². The third-order valence-electron chi connectivity index (χ3n) is 4.19. The van der Waals surface area contributed by atoms with Gasteiger partial charge in [-0.05, 0) is 49.5 Å². The lowest BCUT2D eigenvalue weighted by atomic mass is 10.1. The van der Waals surface area contributed by atoms with Crippen LogP contribution in [0.3, 0.4) is 0 Å². The largest absolute Gasteiger partial charge is 0.475 e. The van der Waals surface area contributed by atoms with Crippen molar-refractivity contribution in [2.45, 2.75) is 11.4 Å². The summed E-state index contributed by atoms with van der Waals surface area (Å²) in [5.41, 5.74) is 1.14. The third kappa shape index (κ3) is 3.26. The number of benzene rings is 2. The predicted molar refractivity (Wildman–Crippen MR) is 95.9 cm³/mol. The van der Waals surface area contributed by atoms with Gasteiger partial charge in [0.1, 0.15) is 23.9 Å². The molecule has 1 aliphatic rings. The fraction of sp³-hybridized carbons (Fsp3) is 0.167. The Balaban J connectivity index is 1.83. The average molecular weight is 389 g/mol. The van der Waals surface area contributed by atoms with Crippen molar-refractivity contribution in [2.24, 2.45) is 0 Å². The Hall–Kier alpha value is -2.91. The van der Waals surface area contributed by atoms with E-state index in [4.69, 9.17) is 9.47 Å². The van der Waals surface area contributed by atoms with Crippen molar-refractivity contribution in [2.75, 3.05) is 13.7 Å². The summed E-state index contributed by atoms with van der Waals surface area (Å²) in [5, 5.41) is 4.27. The smallest absolute Gasteiger partial charge is 0.240 e. The van der Waals surface area contributed by atoms with Gasteiger partial charge >= 0.3 is 0 Å². The van der Waals surface area contributed by atoms with E-state index in [0.29, 0.717) is 41.7 Å². The molecule has 0 aliphatic carbocycles. The zero-order valence-electron chi connectivity index (χ0n) is 14.3. The van der Waals surface area contributed by atoms with E-state index in [0.717, 1.165) is 0 Å². The molecule has 4 rings (SSSR count). The molecule has 27 heavy (non-hydrogen) atoms. The summed E-state index contributed by atoms with van der Waals surface area (Å²) in [4.78, 5) is 0.0874. The van der Waals surface area contributed by atoms with Gasteiger partial charge in [-0.1, -0.05) is 0 Å². The van der Waals surface area contributed by atoms with Crippen molar-refractivity contribution in [1.82, 2.24) is 14.5 Å². The van der Waals surface area contributed by atoms with Gasteiger partial charge in [0.15, 0.2) is 0 Å². The van der Waals surface area contributed by atoms with Gasteiger partial charge in [-0.15, -0.1) is 0 Å². The molecule has 1 aliphatic heterocycles. The molecule has 0 bridgehead atoms. The molecule has 1 aromatic heterocycles. The molecule has 0 spiro atoms. The van der Waals surface area contributed by atoms with E-state index in [1.165, 1.54) is 43.4 Å². The maximum atomic E-state index is 13.1. The molecule has 0 unspecified atom stereocenters. The highest BCUT2D eigenvalue weighted by Gasteiger charge is 2.24. The van der Waals surface area contributed by atoms with Crippen molar-refractivity contribution < 1.29 is 22.3 Å². The van der Waals surface area contributed by atoms with E-state index >= 15 is 0 Å². The maximum Gasteiger partial charge on any atom is 0.240 e. The van der Waals surface area contributed by atoms with E-state index < -0.39 is 10.0 Å². The van der Waals surface area contributed by atoms with Crippen molar-refractivity contribution in [1.29, 1.82) is 0 Å². The van der Waals surface area contributed by atoms with E-state index in [2.05, 4.69) is 9.82 Å². The highest BCUT2D eigenvalue weighted by molar-refractivity contribution is 7.89. The number of hydrogen-bond donors (Lipinski definition) is 1. The minimum atomic E-state index is -3.64. The van der Waals surface area contributed by atoms with Gasteiger partial charge in [0.05, 0.1) is 23.2 Å². The number of fused-ring (bicyclic) bond motifs is 1. The first-order chi connectivity index (χ1) is 13.0. The number of ether oxygens (including phenoxy) is 2. The number of nitrogens with zero attached hydrogens (tertiary/aromatic N) is 2. The van der Waals surface area contributed by atoms with Crippen LogP contribution in [-0.2, 0) is 16.6 Å². The van der Waals surface area contributed by atoms with Gasteiger partial charge in [-0.3, -0.25) is 0 Å². The fourth-order valence-corrected chi connectivity index (χ4v) is 3.58. The summed E-state index contributed by atoms with van der Waals surface area (Å²) in [6.07, 6.45) is 1.61. The monoisotopic (exact) mass is 389 g/mol. The van der Waals surface area contributed by atoms with E-state index in [1.54, 1.807) is 16.9 Å². The van der Waals surface area contributed by atoms with Crippen molar-refractivity contribution in [3.8, 4) is 28.5 Å². The minimum absolute atomic E-state index is 0.0874. The Morgan fingerprint density at radius 3 is 2.70 bits per heavy atom. The van der Waals surface area contributed by atoms with Crippen LogP contribution in [0.25, 0.3) is 11.1 Å². The molecular weight excluding hydrogens is 373 g/mol. The number of nitrogens with one attached hydrogen (secondary N) is 1. The normalized spacial score (nSPS) is 13.3. The van der Waals surface area contributed by atoms with E-state index in [9.17, 15) is 12.8 Å². The van der Waals surface area contributed by atoms with E-state index in [1.807, 2.05) is 0 Å². The molecule has 9 heteroatoms. The lowest BCUT2D eigenvalue weighted by Gasteiger charge is -2.13. The molecule has 0 radical (unpaired) electrons. The maximum absolute atomic E-state index is 13.1. The van der Waals surface area contributed by atoms with Crippen LogP contribution in [0.5, 0.6) is 17.4 Å². The Bertz CT molecular complexity index is 1090. The second-order valence-corrected chi connectivity index (χ2v) is 7.74. The Morgan fingerprint density at radius 2 is 1.96 bits per heavy atom. The number of rotatable bonds is 5. The quantitative estimate of drug-likeness (QED) is 0.726. The molecule has 0 fully saturated rings. The van der Waals surface area contributed by atoms with Crippen molar-refractivity contribution in [3.63, 3.8) is 0 Å². The zero-order valence-corrected chi connectivity index (χ0v) is 15.2. The highest BCUT2D eigenvalue weighted by Crippen LogP contribution is 2.40. The van der Waals surface area contributed by atoms with Crippen LogP contribution < -0.4 is 14.2 Å². The first-order valence-electron chi connectivity index (χ1n) is 8.18. The zero-order chi connectivity index (χ0) is 19.0. The van der Waals surface area contributed by atoms with Crippen LogP contribution in [0, 0.1) is 5.82 Å². The van der Waals surface area contributed by atoms with Gasteiger partial charge in [-0.2, -0.15) is 5.10 Å². The van der Waals surface area contributed by atoms with E-state index in [-0.39, 0.29) is 10.7 Å². The molecule has 7 nitrogen and oxygen atoms in total. The Kier molecular flexibility index (Phi) is 4.33. The Morgan fingerprint density at radius 1 is 1.19 bits per heavy atom. The van der Waals surface area contributed by atoms with Crippen LogP contribution in [0.4, 0.5) is 4.39 Å². The van der Waals surface area contributed by atoms with Crippen molar-refractivity contribution >= 4 is 10.0 Å². The molecule has 1 N–H and O–H groups in total. The average Bonchev–Trinajstić information content (AvgIpc) is 3.27. The fourth-order valence-electron chi connectivity index (χ4n) is 2.82. The summed E-state index contributed by atoms with van der Waals surface area (Å²) < 4.78 is 53.1. The molecule has 140 valence electrons. The SMILES string of the molecule is CNS(=O)(=O)c1ccc(Oc2ccc(F)cc2)c(-c2cnn3c2OCC3)c1. The summed E-state index contributed by atoms with van der Waals surface area (Å²) in [7, 11) is -2.30. The van der Waals surface area contributed by atoms with Crippen LogP contribution in [0.1, 0.15) is 0 Å². The molecular formula is C18H16FN3O4S. The summed E-state index contributed by atoms with van der Waals surface area (Å²) in [5.74, 6) is 1.01.